The molecule has 0 atom stereocenters. The molecule has 0 aliphatic rings. The first-order valence-corrected chi connectivity index (χ1v) is 8.06. The topological polar surface area (TPSA) is 0 Å². The Morgan fingerprint density at radius 3 is 1.90 bits per heavy atom. The van der Waals surface area contributed by atoms with E-state index in [0.29, 0.717) is 6.71 Å². The molecule has 20 heavy (non-hydrogen) atoms. The molecule has 0 aliphatic heterocycles. The molecule has 2 heteroatoms. The SMILES string of the molecule is CCCC/C(Br)=C\B(c1ccccc1)c1ccccc1. The van der Waals surface area contributed by atoms with Crippen molar-refractivity contribution in [1.29, 1.82) is 0 Å². The number of unbranched alkanes of at least 4 members (excludes halogenated alkanes) is 1. The second kappa shape index (κ2) is 8.11. The summed E-state index contributed by atoms with van der Waals surface area (Å²) in [5, 5.41) is 0. The van der Waals surface area contributed by atoms with Crippen LogP contribution in [0.1, 0.15) is 26.2 Å². The van der Waals surface area contributed by atoms with Gasteiger partial charge in [0.15, 0.2) is 0 Å². The lowest BCUT2D eigenvalue weighted by Gasteiger charge is -2.11. The second-order valence-electron chi connectivity index (χ2n) is 5.02. The monoisotopic (exact) mass is 326 g/mol. The third kappa shape index (κ3) is 4.38. The van der Waals surface area contributed by atoms with Crippen LogP contribution in [-0.4, -0.2) is 6.71 Å². The molecule has 0 amide bonds. The first-order chi connectivity index (χ1) is 9.81. The fourth-order valence-corrected chi connectivity index (χ4v) is 2.86. The maximum atomic E-state index is 3.74. The number of halogens is 1. The highest BCUT2D eigenvalue weighted by Crippen LogP contribution is 2.14. The molecule has 0 fully saturated rings. The summed E-state index contributed by atoms with van der Waals surface area (Å²) in [6.45, 7) is 2.55. The van der Waals surface area contributed by atoms with E-state index in [1.54, 1.807) is 0 Å². The molecule has 2 aromatic carbocycles. The van der Waals surface area contributed by atoms with Crippen molar-refractivity contribution >= 4 is 33.6 Å². The number of benzene rings is 2. The molecule has 0 radical (unpaired) electrons. The van der Waals surface area contributed by atoms with Crippen molar-refractivity contribution in [3.05, 3.63) is 71.1 Å². The minimum absolute atomic E-state index is 0.323. The highest BCUT2D eigenvalue weighted by molar-refractivity contribution is 9.11. The molecule has 0 saturated carbocycles. The zero-order valence-corrected chi connectivity index (χ0v) is 13.5. The van der Waals surface area contributed by atoms with E-state index in [1.165, 1.54) is 28.2 Å². The van der Waals surface area contributed by atoms with Gasteiger partial charge in [0.2, 0.25) is 6.71 Å². The Labute approximate surface area is 131 Å². The standard InChI is InChI=1S/C18H20BBr/c1-2-3-14-18(20)15-19(16-10-6-4-7-11-16)17-12-8-5-9-13-17/h4-13,15H,2-3,14H2,1H3/b18-15+. The van der Waals surface area contributed by atoms with Gasteiger partial charge in [-0.15, -0.1) is 0 Å². The van der Waals surface area contributed by atoms with Gasteiger partial charge in [-0.2, -0.15) is 0 Å². The van der Waals surface area contributed by atoms with Crippen LogP contribution in [0, 0.1) is 0 Å². The summed E-state index contributed by atoms with van der Waals surface area (Å²) in [5.41, 5.74) is 2.68. The predicted octanol–water partition coefficient (Wildman–Crippen LogP) is 4.30. The summed E-state index contributed by atoms with van der Waals surface area (Å²) < 4.78 is 1.30. The van der Waals surface area contributed by atoms with Crippen LogP contribution < -0.4 is 10.9 Å². The van der Waals surface area contributed by atoms with Gasteiger partial charge in [-0.1, -0.05) is 107 Å². The van der Waals surface area contributed by atoms with Gasteiger partial charge >= 0.3 is 0 Å². The largest absolute Gasteiger partial charge is 0.234 e. The van der Waals surface area contributed by atoms with E-state index in [-0.39, 0.29) is 0 Å². The van der Waals surface area contributed by atoms with E-state index in [0.717, 1.165) is 6.42 Å². The lowest BCUT2D eigenvalue weighted by Crippen LogP contribution is -2.40. The Morgan fingerprint density at radius 1 is 0.950 bits per heavy atom. The van der Waals surface area contributed by atoms with Gasteiger partial charge in [-0.05, 0) is 17.3 Å². The Kier molecular flexibility index (Phi) is 6.13. The number of allylic oxidation sites excluding steroid dienone is 1. The Hall–Kier alpha value is -1.28. The number of rotatable bonds is 6. The minimum Gasteiger partial charge on any atom is -0.0952 e. The fourth-order valence-electron chi connectivity index (χ4n) is 2.32. The third-order valence-electron chi connectivity index (χ3n) is 3.43. The molecule has 0 spiro atoms. The van der Waals surface area contributed by atoms with Crippen molar-refractivity contribution in [2.75, 3.05) is 0 Å². The maximum Gasteiger partial charge on any atom is 0.234 e. The number of hydrogen-bond acceptors (Lipinski definition) is 0. The summed E-state index contributed by atoms with van der Waals surface area (Å²) in [4.78, 5) is 0. The molecule has 0 nitrogen and oxygen atoms in total. The van der Waals surface area contributed by atoms with Crippen molar-refractivity contribution in [2.24, 2.45) is 0 Å². The van der Waals surface area contributed by atoms with E-state index < -0.39 is 0 Å². The van der Waals surface area contributed by atoms with Crippen molar-refractivity contribution in [3.63, 3.8) is 0 Å². The molecule has 0 unspecified atom stereocenters. The van der Waals surface area contributed by atoms with E-state index in [1.807, 2.05) is 0 Å². The van der Waals surface area contributed by atoms with Crippen molar-refractivity contribution in [3.8, 4) is 0 Å². The van der Waals surface area contributed by atoms with Crippen LogP contribution in [0.3, 0.4) is 0 Å². The average Bonchev–Trinajstić information content (AvgIpc) is 2.52. The Morgan fingerprint density at radius 2 is 1.45 bits per heavy atom. The molecular formula is C18H20BBr. The third-order valence-corrected chi connectivity index (χ3v) is 4.09. The minimum atomic E-state index is 0.323. The van der Waals surface area contributed by atoms with Gasteiger partial charge in [0.25, 0.3) is 0 Å². The number of hydrogen-bond donors (Lipinski definition) is 0. The fraction of sp³-hybridized carbons (Fsp3) is 0.222. The van der Waals surface area contributed by atoms with Crippen LogP contribution in [0.15, 0.2) is 71.1 Å². The summed E-state index contributed by atoms with van der Waals surface area (Å²) in [6, 6.07) is 21.4. The summed E-state index contributed by atoms with van der Waals surface area (Å²) in [6.07, 6.45) is 3.57. The second-order valence-corrected chi connectivity index (χ2v) is 6.03. The van der Waals surface area contributed by atoms with E-state index >= 15 is 0 Å². The van der Waals surface area contributed by atoms with Gasteiger partial charge in [-0.25, -0.2) is 0 Å². The highest BCUT2D eigenvalue weighted by Gasteiger charge is 2.16. The van der Waals surface area contributed by atoms with Crippen molar-refractivity contribution in [2.45, 2.75) is 26.2 Å². The van der Waals surface area contributed by atoms with Crippen LogP contribution in [0.25, 0.3) is 0 Å². The molecular weight excluding hydrogens is 307 g/mol. The molecule has 0 N–H and O–H groups in total. The first kappa shape index (κ1) is 15.1. The molecule has 2 aromatic rings. The smallest absolute Gasteiger partial charge is 0.0952 e. The molecule has 0 bridgehead atoms. The van der Waals surface area contributed by atoms with E-state index in [4.69, 9.17) is 0 Å². The van der Waals surface area contributed by atoms with E-state index in [9.17, 15) is 0 Å². The predicted molar refractivity (Wildman–Crippen MR) is 94.4 cm³/mol. The molecule has 0 saturated heterocycles. The van der Waals surface area contributed by atoms with Gasteiger partial charge in [0, 0.05) is 0 Å². The summed E-state index contributed by atoms with van der Waals surface area (Å²) >= 11 is 3.74. The molecule has 2 rings (SSSR count). The van der Waals surface area contributed by atoms with E-state index in [2.05, 4.69) is 89.5 Å². The van der Waals surface area contributed by atoms with Crippen molar-refractivity contribution < 1.29 is 0 Å². The van der Waals surface area contributed by atoms with Crippen LogP contribution in [0.2, 0.25) is 0 Å². The Balaban J connectivity index is 2.30. The molecule has 0 heterocycles. The molecule has 102 valence electrons. The van der Waals surface area contributed by atoms with Gasteiger partial charge < -0.3 is 0 Å². The summed E-state index contributed by atoms with van der Waals surface area (Å²) in [7, 11) is 0. The maximum absolute atomic E-state index is 3.74. The normalized spacial score (nSPS) is 11.4. The van der Waals surface area contributed by atoms with Gasteiger partial charge in [-0.3, -0.25) is 0 Å². The van der Waals surface area contributed by atoms with Gasteiger partial charge in [0.05, 0.1) is 0 Å². The van der Waals surface area contributed by atoms with Crippen LogP contribution in [-0.2, 0) is 0 Å². The quantitative estimate of drug-likeness (QED) is 0.694. The highest BCUT2D eigenvalue weighted by atomic mass is 79.9. The molecule has 0 aliphatic carbocycles. The first-order valence-electron chi connectivity index (χ1n) is 7.27. The zero-order chi connectivity index (χ0) is 14.2. The van der Waals surface area contributed by atoms with Crippen LogP contribution >= 0.6 is 15.9 Å². The lowest BCUT2D eigenvalue weighted by atomic mass is 9.40. The Bertz CT molecular complexity index is 494. The van der Waals surface area contributed by atoms with Crippen LogP contribution in [0.5, 0.6) is 0 Å². The molecule has 0 aromatic heterocycles. The average molecular weight is 327 g/mol. The summed E-state index contributed by atoms with van der Waals surface area (Å²) in [5.74, 6) is 2.35. The lowest BCUT2D eigenvalue weighted by molar-refractivity contribution is 0.811. The zero-order valence-electron chi connectivity index (χ0n) is 11.9. The van der Waals surface area contributed by atoms with Crippen LogP contribution in [0.4, 0.5) is 0 Å². The van der Waals surface area contributed by atoms with Crippen molar-refractivity contribution in [1.82, 2.24) is 0 Å². The van der Waals surface area contributed by atoms with Gasteiger partial charge in [0.1, 0.15) is 0 Å².